The first-order valence-corrected chi connectivity index (χ1v) is 4.99. The maximum Gasteiger partial charge on any atom is 0.129 e. The number of aromatic amines is 1. The number of ether oxygens (including phenoxy) is 1. The highest BCUT2D eigenvalue weighted by molar-refractivity contribution is 5.28. The van der Waals surface area contributed by atoms with E-state index in [0.29, 0.717) is 0 Å². The number of allylic oxidation sites excluding steroid dienone is 2. The van der Waals surface area contributed by atoms with Crippen molar-refractivity contribution in [3.05, 3.63) is 48.3 Å². The van der Waals surface area contributed by atoms with Gasteiger partial charge in [0.2, 0.25) is 0 Å². The summed E-state index contributed by atoms with van der Waals surface area (Å²) in [6.07, 6.45) is 11.2. The Kier molecular flexibility index (Phi) is 2.55. The maximum atomic E-state index is 5.85. The molecule has 1 aliphatic carbocycles. The molecule has 0 bridgehead atoms. The molecule has 0 amide bonds. The number of aromatic nitrogens is 1. The first-order chi connectivity index (χ1) is 6.87. The highest BCUT2D eigenvalue weighted by atomic mass is 16.5. The first-order valence-electron chi connectivity index (χ1n) is 4.99. The predicted molar refractivity (Wildman–Crippen MR) is 57.0 cm³/mol. The van der Waals surface area contributed by atoms with Gasteiger partial charge >= 0.3 is 0 Å². The van der Waals surface area contributed by atoms with Crippen LogP contribution in [0.15, 0.2) is 42.6 Å². The van der Waals surface area contributed by atoms with Crippen molar-refractivity contribution < 1.29 is 4.74 Å². The summed E-state index contributed by atoms with van der Waals surface area (Å²) < 4.78 is 5.85. The van der Waals surface area contributed by atoms with Crippen LogP contribution in [0.3, 0.4) is 0 Å². The summed E-state index contributed by atoms with van der Waals surface area (Å²) in [5.41, 5.74) is 0.854. The zero-order valence-electron chi connectivity index (χ0n) is 8.36. The van der Waals surface area contributed by atoms with Crippen molar-refractivity contribution in [1.82, 2.24) is 4.98 Å². The van der Waals surface area contributed by atoms with E-state index in [1.165, 1.54) is 0 Å². The quantitative estimate of drug-likeness (QED) is 0.777. The molecule has 1 aromatic heterocycles. The van der Waals surface area contributed by atoms with Crippen LogP contribution in [0.1, 0.15) is 19.0 Å². The Hall–Kier alpha value is -1.28. The fraction of sp³-hybridized carbons (Fsp3) is 0.333. The Labute approximate surface area is 84.3 Å². The molecule has 1 aromatic rings. The Morgan fingerprint density at radius 2 is 2.43 bits per heavy atom. The van der Waals surface area contributed by atoms with Gasteiger partial charge in [-0.25, -0.2) is 0 Å². The van der Waals surface area contributed by atoms with Gasteiger partial charge < -0.3 is 9.72 Å². The average molecular weight is 189 g/mol. The lowest BCUT2D eigenvalue weighted by atomic mass is 9.91. The van der Waals surface area contributed by atoms with E-state index < -0.39 is 0 Å². The molecule has 2 heteroatoms. The third kappa shape index (κ3) is 1.53. The minimum Gasteiger partial charge on any atom is -0.365 e. The Morgan fingerprint density at radius 3 is 3.00 bits per heavy atom. The van der Waals surface area contributed by atoms with Gasteiger partial charge in [-0.05, 0) is 25.1 Å². The zero-order valence-corrected chi connectivity index (χ0v) is 8.36. The average Bonchev–Trinajstić information content (AvgIpc) is 2.73. The molecule has 1 unspecified atom stereocenters. The number of hydrogen-bond acceptors (Lipinski definition) is 1. The molecular weight excluding hydrogens is 174 g/mol. The molecular formula is C12H15NO. The molecule has 2 rings (SSSR count). The molecule has 0 aliphatic heterocycles. The molecule has 2 nitrogen and oxygen atoms in total. The fourth-order valence-electron chi connectivity index (χ4n) is 1.84. The van der Waals surface area contributed by atoms with Crippen LogP contribution in [0.2, 0.25) is 0 Å². The SMILES string of the molecule is CCOC1(c2ccc[nH]2)C=CC=CC1. The van der Waals surface area contributed by atoms with Gasteiger partial charge in [-0.2, -0.15) is 0 Å². The van der Waals surface area contributed by atoms with Crippen LogP contribution in [-0.2, 0) is 10.3 Å². The van der Waals surface area contributed by atoms with Crippen molar-refractivity contribution in [3.63, 3.8) is 0 Å². The maximum absolute atomic E-state index is 5.85. The number of nitrogens with one attached hydrogen (secondary N) is 1. The van der Waals surface area contributed by atoms with Crippen LogP contribution in [0, 0.1) is 0 Å². The van der Waals surface area contributed by atoms with E-state index in [9.17, 15) is 0 Å². The molecule has 0 saturated carbocycles. The lowest BCUT2D eigenvalue weighted by molar-refractivity contribution is -0.00616. The van der Waals surface area contributed by atoms with Crippen LogP contribution in [-0.4, -0.2) is 11.6 Å². The highest BCUT2D eigenvalue weighted by Crippen LogP contribution is 2.32. The molecule has 0 radical (unpaired) electrons. The number of hydrogen-bond donors (Lipinski definition) is 1. The number of H-pyrrole nitrogens is 1. The largest absolute Gasteiger partial charge is 0.365 e. The molecule has 74 valence electrons. The smallest absolute Gasteiger partial charge is 0.129 e. The van der Waals surface area contributed by atoms with Gasteiger partial charge in [0.05, 0.1) is 5.69 Å². The Balaban J connectivity index is 2.31. The van der Waals surface area contributed by atoms with Gasteiger partial charge in [0.15, 0.2) is 0 Å². The summed E-state index contributed by atoms with van der Waals surface area (Å²) >= 11 is 0. The summed E-state index contributed by atoms with van der Waals surface area (Å²) in [5.74, 6) is 0. The van der Waals surface area contributed by atoms with E-state index in [1.807, 2.05) is 25.3 Å². The monoisotopic (exact) mass is 189 g/mol. The summed E-state index contributed by atoms with van der Waals surface area (Å²) in [4.78, 5) is 3.22. The third-order valence-corrected chi connectivity index (χ3v) is 2.49. The lowest BCUT2D eigenvalue weighted by Gasteiger charge is -2.30. The normalized spacial score (nSPS) is 25.5. The van der Waals surface area contributed by atoms with E-state index >= 15 is 0 Å². The van der Waals surface area contributed by atoms with Gasteiger partial charge in [0.1, 0.15) is 5.60 Å². The molecule has 14 heavy (non-hydrogen) atoms. The second-order valence-corrected chi connectivity index (χ2v) is 3.40. The van der Waals surface area contributed by atoms with Crippen molar-refractivity contribution in [1.29, 1.82) is 0 Å². The first kappa shape index (κ1) is 9.28. The van der Waals surface area contributed by atoms with Crippen molar-refractivity contribution in [3.8, 4) is 0 Å². The van der Waals surface area contributed by atoms with E-state index in [4.69, 9.17) is 4.74 Å². The number of rotatable bonds is 3. The molecule has 1 N–H and O–H groups in total. The molecule has 0 saturated heterocycles. The van der Waals surface area contributed by atoms with Gasteiger partial charge in [-0.15, -0.1) is 0 Å². The van der Waals surface area contributed by atoms with Crippen molar-refractivity contribution in [2.24, 2.45) is 0 Å². The van der Waals surface area contributed by atoms with Gasteiger partial charge in [0, 0.05) is 19.2 Å². The lowest BCUT2D eigenvalue weighted by Crippen LogP contribution is -2.28. The highest BCUT2D eigenvalue weighted by Gasteiger charge is 2.30. The molecule has 0 aromatic carbocycles. The van der Waals surface area contributed by atoms with E-state index in [2.05, 4.69) is 29.3 Å². The van der Waals surface area contributed by atoms with Crippen molar-refractivity contribution in [2.45, 2.75) is 18.9 Å². The topological polar surface area (TPSA) is 25.0 Å². The molecule has 1 heterocycles. The summed E-state index contributed by atoms with van der Waals surface area (Å²) in [6, 6.07) is 4.07. The van der Waals surface area contributed by atoms with Crippen LogP contribution in [0.4, 0.5) is 0 Å². The molecule has 0 spiro atoms. The van der Waals surface area contributed by atoms with Crippen molar-refractivity contribution in [2.75, 3.05) is 6.61 Å². The minimum absolute atomic E-state index is 0.271. The van der Waals surface area contributed by atoms with Crippen LogP contribution < -0.4 is 0 Å². The van der Waals surface area contributed by atoms with Crippen LogP contribution in [0.5, 0.6) is 0 Å². The Bertz CT molecular complexity index is 337. The van der Waals surface area contributed by atoms with E-state index in [-0.39, 0.29) is 5.60 Å². The molecule has 0 fully saturated rings. The minimum atomic E-state index is -0.271. The third-order valence-electron chi connectivity index (χ3n) is 2.49. The Morgan fingerprint density at radius 1 is 1.50 bits per heavy atom. The van der Waals surface area contributed by atoms with Crippen molar-refractivity contribution >= 4 is 0 Å². The van der Waals surface area contributed by atoms with Gasteiger partial charge in [-0.1, -0.05) is 18.2 Å². The predicted octanol–water partition coefficient (Wildman–Crippen LogP) is 2.76. The summed E-state index contributed by atoms with van der Waals surface area (Å²) in [5, 5.41) is 0. The molecule has 1 atom stereocenters. The second kappa shape index (κ2) is 3.84. The van der Waals surface area contributed by atoms with Crippen LogP contribution in [0.25, 0.3) is 0 Å². The summed E-state index contributed by atoms with van der Waals surface area (Å²) in [7, 11) is 0. The molecule has 1 aliphatic rings. The standard InChI is InChI=1S/C12H15NO/c1-2-14-12(8-4-3-5-9-12)11-7-6-10-13-11/h3-8,10,13H,2,9H2,1H3. The fourth-order valence-corrected chi connectivity index (χ4v) is 1.84. The van der Waals surface area contributed by atoms with E-state index in [0.717, 1.165) is 18.7 Å². The van der Waals surface area contributed by atoms with Gasteiger partial charge in [0.25, 0.3) is 0 Å². The van der Waals surface area contributed by atoms with E-state index in [1.54, 1.807) is 0 Å². The van der Waals surface area contributed by atoms with Gasteiger partial charge in [-0.3, -0.25) is 0 Å². The zero-order chi connectivity index (χ0) is 9.86. The second-order valence-electron chi connectivity index (χ2n) is 3.40. The van der Waals surface area contributed by atoms with Crippen LogP contribution >= 0.6 is 0 Å². The summed E-state index contributed by atoms with van der Waals surface area (Å²) in [6.45, 7) is 2.74.